The van der Waals surface area contributed by atoms with E-state index in [0.717, 1.165) is 16.6 Å². The highest BCUT2D eigenvalue weighted by Gasteiger charge is 2.37. The number of rotatable bonds is 2. The number of aromatic nitrogens is 1. The standard InChI is InChI=1S/C23H24FN5OS/c1-23(2)15-28(12-13-29(23)21(30)26-17-7-3-6-16(24)14-17)22(31)27-20-10-4-9-19-18(20)8-5-11-25-19/h3-11,14H,12-13,15H2,1-2H3,(H,26,30)(H,27,31). The van der Waals surface area contributed by atoms with E-state index in [2.05, 4.69) is 20.5 Å². The zero-order valence-corrected chi connectivity index (χ0v) is 18.2. The molecule has 1 aromatic heterocycles. The average Bonchev–Trinajstić information content (AvgIpc) is 2.73. The van der Waals surface area contributed by atoms with Gasteiger partial charge >= 0.3 is 6.03 Å². The number of nitrogens with one attached hydrogen (secondary N) is 2. The molecule has 1 aliphatic rings. The molecule has 0 unspecified atom stereocenters. The van der Waals surface area contributed by atoms with Crippen molar-refractivity contribution in [2.24, 2.45) is 0 Å². The van der Waals surface area contributed by atoms with Crippen LogP contribution in [-0.4, -0.2) is 51.1 Å². The molecule has 1 saturated heterocycles. The van der Waals surface area contributed by atoms with Crippen LogP contribution in [0.3, 0.4) is 0 Å². The minimum atomic E-state index is -0.471. The summed E-state index contributed by atoms with van der Waals surface area (Å²) >= 11 is 5.68. The topological polar surface area (TPSA) is 60.5 Å². The maximum Gasteiger partial charge on any atom is 0.322 e. The Morgan fingerprint density at radius 2 is 1.90 bits per heavy atom. The Hall–Kier alpha value is -3.26. The molecule has 2 aromatic carbocycles. The lowest BCUT2D eigenvalue weighted by molar-refractivity contribution is 0.0848. The molecule has 31 heavy (non-hydrogen) atoms. The Morgan fingerprint density at radius 1 is 1.10 bits per heavy atom. The van der Waals surface area contributed by atoms with Crippen molar-refractivity contribution in [3.05, 3.63) is 66.6 Å². The highest BCUT2D eigenvalue weighted by Crippen LogP contribution is 2.25. The second kappa shape index (κ2) is 8.47. The lowest BCUT2D eigenvalue weighted by Crippen LogP contribution is -2.63. The van der Waals surface area contributed by atoms with Crippen LogP contribution in [0.1, 0.15) is 13.8 Å². The fourth-order valence-corrected chi connectivity index (χ4v) is 4.13. The van der Waals surface area contributed by atoms with Gasteiger partial charge in [-0.3, -0.25) is 4.98 Å². The molecule has 1 fully saturated rings. The predicted molar refractivity (Wildman–Crippen MR) is 126 cm³/mol. The van der Waals surface area contributed by atoms with Crippen LogP contribution in [0.5, 0.6) is 0 Å². The summed E-state index contributed by atoms with van der Waals surface area (Å²) in [6.45, 7) is 5.64. The second-order valence-electron chi connectivity index (χ2n) is 8.13. The molecule has 0 spiro atoms. The number of amides is 2. The van der Waals surface area contributed by atoms with Crippen molar-refractivity contribution in [2.45, 2.75) is 19.4 Å². The van der Waals surface area contributed by atoms with Gasteiger partial charge in [0.05, 0.1) is 11.1 Å². The van der Waals surface area contributed by atoms with Crippen LogP contribution in [-0.2, 0) is 0 Å². The molecule has 0 saturated carbocycles. The van der Waals surface area contributed by atoms with E-state index in [4.69, 9.17) is 12.2 Å². The van der Waals surface area contributed by atoms with Gasteiger partial charge in [-0.25, -0.2) is 9.18 Å². The van der Waals surface area contributed by atoms with Gasteiger partial charge in [0.2, 0.25) is 0 Å². The highest BCUT2D eigenvalue weighted by atomic mass is 32.1. The van der Waals surface area contributed by atoms with Crippen LogP contribution >= 0.6 is 12.2 Å². The SMILES string of the molecule is CC1(C)CN(C(=S)Nc2cccc3ncccc23)CCN1C(=O)Nc1cccc(F)c1. The number of fused-ring (bicyclic) bond motifs is 1. The molecule has 160 valence electrons. The Labute approximate surface area is 186 Å². The van der Waals surface area contributed by atoms with E-state index in [1.807, 2.05) is 44.2 Å². The number of urea groups is 1. The molecular formula is C23H24FN5OS. The number of carbonyl (C=O) groups is 1. The number of hydrogen-bond donors (Lipinski definition) is 2. The number of hydrogen-bond acceptors (Lipinski definition) is 3. The molecule has 8 heteroatoms. The first-order chi connectivity index (χ1) is 14.8. The third-order valence-electron chi connectivity index (χ3n) is 5.40. The van der Waals surface area contributed by atoms with Gasteiger partial charge in [0.25, 0.3) is 0 Å². The van der Waals surface area contributed by atoms with Crippen molar-refractivity contribution in [1.82, 2.24) is 14.8 Å². The van der Waals surface area contributed by atoms with Crippen LogP contribution in [0.4, 0.5) is 20.6 Å². The van der Waals surface area contributed by atoms with Crippen LogP contribution in [0, 0.1) is 5.82 Å². The van der Waals surface area contributed by atoms with Gasteiger partial charge in [-0.1, -0.05) is 12.1 Å². The lowest BCUT2D eigenvalue weighted by atomic mass is 9.99. The first-order valence-electron chi connectivity index (χ1n) is 10.1. The molecule has 3 aromatic rings. The maximum atomic E-state index is 13.4. The van der Waals surface area contributed by atoms with Crippen LogP contribution in [0.25, 0.3) is 10.9 Å². The van der Waals surface area contributed by atoms with Crippen molar-refractivity contribution >= 4 is 45.6 Å². The summed E-state index contributed by atoms with van der Waals surface area (Å²) in [6, 6.07) is 15.4. The molecule has 2 amide bonds. The summed E-state index contributed by atoms with van der Waals surface area (Å²) in [5.74, 6) is -0.387. The Morgan fingerprint density at radius 3 is 2.68 bits per heavy atom. The second-order valence-corrected chi connectivity index (χ2v) is 8.52. The molecule has 0 atom stereocenters. The summed E-state index contributed by atoms with van der Waals surface area (Å²) < 4.78 is 13.4. The van der Waals surface area contributed by atoms with Crippen molar-refractivity contribution in [3.63, 3.8) is 0 Å². The smallest absolute Gasteiger partial charge is 0.322 e. The Balaban J connectivity index is 1.43. The van der Waals surface area contributed by atoms with E-state index in [1.54, 1.807) is 23.2 Å². The molecule has 0 bridgehead atoms. The summed E-state index contributed by atoms with van der Waals surface area (Å²) in [5.41, 5.74) is 1.76. The number of pyridine rings is 1. The molecule has 2 heterocycles. The van der Waals surface area contributed by atoms with Crippen molar-refractivity contribution < 1.29 is 9.18 Å². The summed E-state index contributed by atoms with van der Waals surface area (Å²) in [6.07, 6.45) is 1.76. The predicted octanol–water partition coefficient (Wildman–Crippen LogP) is 4.70. The molecular weight excluding hydrogens is 413 g/mol. The quantitative estimate of drug-likeness (QED) is 0.569. The van der Waals surface area contributed by atoms with E-state index in [-0.39, 0.29) is 11.8 Å². The number of carbonyl (C=O) groups excluding carboxylic acids is 1. The summed E-state index contributed by atoms with van der Waals surface area (Å²) in [7, 11) is 0. The third-order valence-corrected chi connectivity index (χ3v) is 5.76. The van der Waals surface area contributed by atoms with Crippen LogP contribution in [0.2, 0.25) is 0 Å². The Kier molecular flexibility index (Phi) is 5.73. The van der Waals surface area contributed by atoms with Gasteiger partial charge in [-0.15, -0.1) is 0 Å². The first-order valence-corrected chi connectivity index (χ1v) is 10.5. The Bertz CT molecular complexity index is 1130. The largest absolute Gasteiger partial charge is 0.345 e. The highest BCUT2D eigenvalue weighted by molar-refractivity contribution is 7.80. The molecule has 4 rings (SSSR count). The number of thiocarbonyl (C=S) groups is 1. The van der Waals surface area contributed by atoms with Gasteiger partial charge in [0.15, 0.2) is 5.11 Å². The number of halogens is 1. The van der Waals surface area contributed by atoms with Crippen LogP contribution < -0.4 is 10.6 Å². The fourth-order valence-electron chi connectivity index (χ4n) is 3.87. The van der Waals surface area contributed by atoms with E-state index < -0.39 is 5.54 Å². The molecule has 1 aliphatic heterocycles. The maximum absolute atomic E-state index is 13.4. The fraction of sp³-hybridized carbons (Fsp3) is 0.261. The van der Waals surface area contributed by atoms with E-state index in [1.165, 1.54) is 12.1 Å². The monoisotopic (exact) mass is 437 g/mol. The first kappa shape index (κ1) is 21.0. The normalized spacial score (nSPS) is 15.6. The van der Waals surface area contributed by atoms with Crippen LogP contribution in [0.15, 0.2) is 60.8 Å². The molecule has 0 radical (unpaired) electrons. The van der Waals surface area contributed by atoms with Crippen molar-refractivity contribution in [1.29, 1.82) is 0 Å². The zero-order chi connectivity index (χ0) is 22.0. The summed E-state index contributed by atoms with van der Waals surface area (Å²) in [5, 5.41) is 7.73. The molecule has 6 nitrogen and oxygen atoms in total. The van der Waals surface area contributed by atoms with Gasteiger partial charge in [0.1, 0.15) is 5.82 Å². The minimum Gasteiger partial charge on any atom is -0.345 e. The van der Waals surface area contributed by atoms with E-state index in [9.17, 15) is 9.18 Å². The van der Waals surface area contributed by atoms with Gasteiger partial charge < -0.3 is 20.4 Å². The molecule has 0 aliphatic carbocycles. The lowest BCUT2D eigenvalue weighted by Gasteiger charge is -2.47. The van der Waals surface area contributed by atoms with E-state index in [0.29, 0.717) is 30.4 Å². The number of benzene rings is 2. The van der Waals surface area contributed by atoms with E-state index >= 15 is 0 Å². The van der Waals surface area contributed by atoms with Crippen molar-refractivity contribution in [2.75, 3.05) is 30.3 Å². The zero-order valence-electron chi connectivity index (χ0n) is 17.4. The average molecular weight is 438 g/mol. The number of piperazine rings is 1. The minimum absolute atomic E-state index is 0.255. The number of nitrogens with zero attached hydrogens (tertiary/aromatic N) is 3. The summed E-state index contributed by atoms with van der Waals surface area (Å²) in [4.78, 5) is 21.0. The van der Waals surface area contributed by atoms with Gasteiger partial charge in [0, 0.05) is 42.6 Å². The van der Waals surface area contributed by atoms with Crippen molar-refractivity contribution in [3.8, 4) is 0 Å². The van der Waals surface area contributed by atoms with Gasteiger partial charge in [-0.05, 0) is 68.5 Å². The third kappa shape index (κ3) is 4.59. The molecule has 2 N–H and O–H groups in total. The van der Waals surface area contributed by atoms with Gasteiger partial charge in [-0.2, -0.15) is 0 Å². The number of anilines is 2.